The maximum Gasteiger partial charge on any atom is 0.163 e. The molecule has 15 heavy (non-hydrogen) atoms. The van der Waals surface area contributed by atoms with Crippen molar-refractivity contribution in [1.29, 1.82) is 0 Å². The normalized spacial score (nSPS) is 8.73. The number of benzene rings is 1. The second-order valence-corrected chi connectivity index (χ2v) is 3.55. The molecule has 0 spiro atoms. The number of aliphatic hydroxyl groups is 1. The number of aldehydes is 1. The number of carbonyl (C=O) groups excluding carboxylic acids is 2. The highest BCUT2D eigenvalue weighted by Crippen LogP contribution is 2.12. The van der Waals surface area contributed by atoms with Crippen LogP contribution in [0.25, 0.3) is 0 Å². The summed E-state index contributed by atoms with van der Waals surface area (Å²) in [5, 5.41) is 7.00. The van der Waals surface area contributed by atoms with Crippen molar-refractivity contribution in [3.05, 3.63) is 34.3 Å². The number of ketones is 1. The fourth-order valence-electron chi connectivity index (χ4n) is 0.970. The molecule has 1 aromatic rings. The first-order valence-electron chi connectivity index (χ1n) is 4.41. The lowest BCUT2D eigenvalue weighted by Gasteiger charge is -1.97. The van der Waals surface area contributed by atoms with E-state index in [2.05, 4.69) is 15.9 Å². The molecule has 0 saturated carbocycles. The van der Waals surface area contributed by atoms with E-state index in [9.17, 15) is 9.59 Å². The first kappa shape index (κ1) is 14.0. The quantitative estimate of drug-likeness (QED) is 0.676. The third kappa shape index (κ3) is 5.44. The molecule has 0 heterocycles. The number of halogens is 1. The van der Waals surface area contributed by atoms with Crippen LogP contribution in [0.4, 0.5) is 0 Å². The van der Waals surface area contributed by atoms with E-state index >= 15 is 0 Å². The van der Waals surface area contributed by atoms with Crippen molar-refractivity contribution >= 4 is 28.0 Å². The molecule has 4 heteroatoms. The topological polar surface area (TPSA) is 54.4 Å². The summed E-state index contributed by atoms with van der Waals surface area (Å²) in [7, 11) is 1.00. The van der Waals surface area contributed by atoms with E-state index in [0.29, 0.717) is 18.4 Å². The fourth-order valence-corrected chi connectivity index (χ4v) is 1.23. The van der Waals surface area contributed by atoms with Gasteiger partial charge in [0.1, 0.15) is 6.29 Å². The molecule has 82 valence electrons. The molecule has 0 radical (unpaired) electrons. The van der Waals surface area contributed by atoms with Crippen molar-refractivity contribution in [2.75, 3.05) is 7.11 Å². The first-order valence-corrected chi connectivity index (χ1v) is 5.20. The zero-order chi connectivity index (χ0) is 11.7. The lowest BCUT2D eigenvalue weighted by atomic mass is 10.1. The van der Waals surface area contributed by atoms with Gasteiger partial charge >= 0.3 is 0 Å². The van der Waals surface area contributed by atoms with E-state index in [4.69, 9.17) is 5.11 Å². The molecule has 0 bridgehead atoms. The Kier molecular flexibility index (Phi) is 7.77. The van der Waals surface area contributed by atoms with E-state index in [1.165, 1.54) is 0 Å². The van der Waals surface area contributed by atoms with Crippen LogP contribution in [0.2, 0.25) is 0 Å². The van der Waals surface area contributed by atoms with Crippen LogP contribution in [-0.2, 0) is 4.79 Å². The van der Waals surface area contributed by atoms with Gasteiger partial charge in [-0.25, -0.2) is 0 Å². The smallest absolute Gasteiger partial charge is 0.163 e. The van der Waals surface area contributed by atoms with E-state index in [1.54, 1.807) is 12.1 Å². The Hall–Kier alpha value is -1.000. The summed E-state index contributed by atoms with van der Waals surface area (Å²) in [6.45, 7) is 0. The molecule has 1 aromatic carbocycles. The summed E-state index contributed by atoms with van der Waals surface area (Å²) < 4.78 is 0.944. The summed E-state index contributed by atoms with van der Waals surface area (Å²) in [4.78, 5) is 21.4. The molecular formula is C11H13BrO3. The Morgan fingerprint density at radius 1 is 1.33 bits per heavy atom. The van der Waals surface area contributed by atoms with Gasteiger partial charge in [-0.05, 0) is 12.1 Å². The molecule has 1 N–H and O–H groups in total. The van der Waals surface area contributed by atoms with Gasteiger partial charge in [0, 0.05) is 30.0 Å². The van der Waals surface area contributed by atoms with Crippen molar-refractivity contribution in [2.24, 2.45) is 0 Å². The maximum atomic E-state index is 11.3. The molecule has 0 atom stereocenters. The Morgan fingerprint density at radius 2 is 1.87 bits per heavy atom. The summed E-state index contributed by atoms with van der Waals surface area (Å²) in [5.74, 6) is 0.0135. The summed E-state index contributed by atoms with van der Waals surface area (Å²) in [5.41, 5.74) is 0.657. The predicted molar refractivity (Wildman–Crippen MR) is 61.9 cm³/mol. The van der Waals surface area contributed by atoms with E-state index in [0.717, 1.165) is 17.9 Å². The van der Waals surface area contributed by atoms with Crippen molar-refractivity contribution in [1.82, 2.24) is 0 Å². The van der Waals surface area contributed by atoms with Crippen LogP contribution in [0.3, 0.4) is 0 Å². The van der Waals surface area contributed by atoms with Gasteiger partial charge in [-0.15, -0.1) is 0 Å². The molecule has 0 amide bonds. The van der Waals surface area contributed by atoms with Crippen molar-refractivity contribution in [3.63, 3.8) is 0 Å². The van der Waals surface area contributed by atoms with Gasteiger partial charge in [-0.1, -0.05) is 28.1 Å². The van der Waals surface area contributed by atoms with Gasteiger partial charge in [0.05, 0.1) is 0 Å². The Bertz CT molecular complexity index is 306. The van der Waals surface area contributed by atoms with Crippen molar-refractivity contribution in [2.45, 2.75) is 12.8 Å². The largest absolute Gasteiger partial charge is 0.400 e. The number of Topliss-reactive ketones (excluding diaryl/α,β-unsaturated/α-hetero) is 1. The third-order valence-corrected chi connectivity index (χ3v) is 2.18. The van der Waals surface area contributed by atoms with E-state index in [-0.39, 0.29) is 5.78 Å². The van der Waals surface area contributed by atoms with Gasteiger partial charge < -0.3 is 9.90 Å². The number of carbonyl (C=O) groups is 2. The Labute approximate surface area is 97.2 Å². The van der Waals surface area contributed by atoms with Crippen LogP contribution in [0.5, 0.6) is 0 Å². The zero-order valence-corrected chi connectivity index (χ0v) is 10.0. The minimum Gasteiger partial charge on any atom is -0.400 e. The number of rotatable bonds is 4. The number of hydrogen-bond donors (Lipinski definition) is 1. The number of hydrogen-bond acceptors (Lipinski definition) is 3. The van der Waals surface area contributed by atoms with Crippen LogP contribution in [0, 0.1) is 0 Å². The van der Waals surface area contributed by atoms with Crippen LogP contribution < -0.4 is 0 Å². The van der Waals surface area contributed by atoms with Gasteiger partial charge in [0.2, 0.25) is 0 Å². The molecular weight excluding hydrogens is 260 g/mol. The monoisotopic (exact) mass is 272 g/mol. The first-order chi connectivity index (χ1) is 7.24. The maximum absolute atomic E-state index is 11.3. The molecule has 0 aliphatic heterocycles. The van der Waals surface area contributed by atoms with Crippen LogP contribution in [0.15, 0.2) is 28.7 Å². The summed E-state index contributed by atoms with van der Waals surface area (Å²) in [6, 6.07) is 7.12. The molecule has 0 aliphatic carbocycles. The molecule has 0 aromatic heterocycles. The standard InChI is InChI=1S/C10H9BrO2.CH4O/c11-9-5-3-8(4-6-9)10(13)2-1-7-12;1-2/h3-7H,1-2H2;2H,1H3. The summed E-state index contributed by atoms with van der Waals surface area (Å²) in [6.07, 6.45) is 1.36. The van der Waals surface area contributed by atoms with Crippen molar-refractivity contribution in [3.8, 4) is 0 Å². The van der Waals surface area contributed by atoms with Gasteiger partial charge in [0.15, 0.2) is 5.78 Å². The molecule has 0 aliphatic rings. The lowest BCUT2D eigenvalue weighted by Crippen LogP contribution is -1.98. The Balaban J connectivity index is 0.000000921. The zero-order valence-electron chi connectivity index (χ0n) is 8.44. The highest BCUT2D eigenvalue weighted by Gasteiger charge is 2.03. The van der Waals surface area contributed by atoms with E-state index < -0.39 is 0 Å². The molecule has 3 nitrogen and oxygen atoms in total. The SMILES string of the molecule is CO.O=CCCC(=O)c1ccc(Br)cc1. The molecule has 1 rings (SSSR count). The second kappa shape index (κ2) is 8.32. The van der Waals surface area contributed by atoms with Crippen molar-refractivity contribution < 1.29 is 14.7 Å². The third-order valence-electron chi connectivity index (χ3n) is 1.66. The molecule has 0 fully saturated rings. The summed E-state index contributed by atoms with van der Waals surface area (Å²) >= 11 is 3.28. The highest BCUT2D eigenvalue weighted by atomic mass is 79.9. The highest BCUT2D eigenvalue weighted by molar-refractivity contribution is 9.10. The predicted octanol–water partition coefficient (Wildman–Crippen LogP) is 2.22. The number of aliphatic hydroxyl groups excluding tert-OH is 1. The van der Waals surface area contributed by atoms with Gasteiger partial charge in [0.25, 0.3) is 0 Å². The Morgan fingerprint density at radius 3 is 2.33 bits per heavy atom. The van der Waals surface area contributed by atoms with Crippen LogP contribution in [0.1, 0.15) is 23.2 Å². The van der Waals surface area contributed by atoms with Crippen LogP contribution in [-0.4, -0.2) is 24.3 Å². The average Bonchev–Trinajstić information content (AvgIpc) is 2.29. The minimum atomic E-state index is 0.0135. The van der Waals surface area contributed by atoms with E-state index in [1.807, 2.05) is 12.1 Å². The molecule has 0 unspecified atom stereocenters. The average molecular weight is 273 g/mol. The van der Waals surface area contributed by atoms with Gasteiger partial charge in [-0.3, -0.25) is 4.79 Å². The van der Waals surface area contributed by atoms with Crippen LogP contribution >= 0.6 is 15.9 Å². The lowest BCUT2D eigenvalue weighted by molar-refractivity contribution is -0.107. The second-order valence-electron chi connectivity index (χ2n) is 2.64. The fraction of sp³-hybridized carbons (Fsp3) is 0.273. The molecule has 0 saturated heterocycles. The minimum absolute atomic E-state index is 0.0135. The van der Waals surface area contributed by atoms with Gasteiger partial charge in [-0.2, -0.15) is 0 Å².